The van der Waals surface area contributed by atoms with E-state index >= 15 is 0 Å². The zero-order valence-corrected chi connectivity index (χ0v) is 14.9. The Labute approximate surface area is 160 Å². The third-order valence-electron chi connectivity index (χ3n) is 3.01. The minimum Gasteiger partial charge on any atom is -0.452 e. The minimum absolute atomic E-state index is 0.0148. The SMILES string of the molecule is O=C(COC(=O)c1c(Cl)ccc(Cl)c1Cl)Nc1ccc(F)c([N+](=O)[O-])c1. The van der Waals surface area contributed by atoms with Crippen LogP contribution in [0.25, 0.3) is 0 Å². The number of amides is 1. The van der Waals surface area contributed by atoms with Gasteiger partial charge in [-0.05, 0) is 24.3 Å². The Kier molecular flexibility index (Phi) is 6.36. The first kappa shape index (κ1) is 19.9. The maximum absolute atomic E-state index is 13.2. The van der Waals surface area contributed by atoms with Crippen molar-refractivity contribution < 1.29 is 23.6 Å². The number of esters is 1. The summed E-state index contributed by atoms with van der Waals surface area (Å²) in [6.45, 7) is -0.733. The molecule has 0 aliphatic rings. The van der Waals surface area contributed by atoms with E-state index in [1.807, 2.05) is 0 Å². The van der Waals surface area contributed by atoms with Crippen LogP contribution < -0.4 is 5.32 Å². The molecular weight excluding hydrogens is 414 g/mol. The van der Waals surface area contributed by atoms with Crippen LogP contribution in [0.4, 0.5) is 15.8 Å². The first-order chi connectivity index (χ1) is 12.2. The summed E-state index contributed by atoms with van der Waals surface area (Å²) >= 11 is 17.5. The molecule has 0 saturated heterocycles. The van der Waals surface area contributed by atoms with Gasteiger partial charge in [0.15, 0.2) is 6.61 Å². The molecule has 136 valence electrons. The van der Waals surface area contributed by atoms with Gasteiger partial charge < -0.3 is 10.1 Å². The fourth-order valence-electron chi connectivity index (χ4n) is 1.84. The number of hydrogen-bond acceptors (Lipinski definition) is 5. The monoisotopic (exact) mass is 420 g/mol. The van der Waals surface area contributed by atoms with Crippen molar-refractivity contribution in [3.63, 3.8) is 0 Å². The highest BCUT2D eigenvalue weighted by Crippen LogP contribution is 2.31. The molecule has 26 heavy (non-hydrogen) atoms. The van der Waals surface area contributed by atoms with Crippen LogP contribution in [0.3, 0.4) is 0 Å². The molecule has 0 saturated carbocycles. The average Bonchev–Trinajstić information content (AvgIpc) is 2.58. The third kappa shape index (κ3) is 4.60. The van der Waals surface area contributed by atoms with Gasteiger partial charge in [0.1, 0.15) is 0 Å². The Morgan fingerprint density at radius 1 is 1.15 bits per heavy atom. The van der Waals surface area contributed by atoms with Gasteiger partial charge in [-0.15, -0.1) is 0 Å². The number of ether oxygens (including phenoxy) is 1. The molecule has 0 spiro atoms. The normalized spacial score (nSPS) is 10.3. The summed E-state index contributed by atoms with van der Waals surface area (Å²) < 4.78 is 18.0. The maximum Gasteiger partial charge on any atom is 0.341 e. The molecule has 1 amide bonds. The van der Waals surface area contributed by atoms with E-state index in [2.05, 4.69) is 5.32 Å². The Hall–Kier alpha value is -2.42. The van der Waals surface area contributed by atoms with Gasteiger partial charge in [0.05, 0.1) is 25.6 Å². The van der Waals surface area contributed by atoms with Crippen molar-refractivity contribution in [2.45, 2.75) is 0 Å². The predicted octanol–water partition coefficient (Wildman–Crippen LogP) is 4.49. The van der Waals surface area contributed by atoms with Gasteiger partial charge in [-0.2, -0.15) is 4.39 Å². The number of halogens is 4. The Bertz CT molecular complexity index is 907. The molecule has 0 fully saturated rings. The van der Waals surface area contributed by atoms with Gasteiger partial charge >= 0.3 is 11.7 Å². The first-order valence-electron chi connectivity index (χ1n) is 6.75. The molecule has 2 aromatic carbocycles. The van der Waals surface area contributed by atoms with Crippen LogP contribution in [0.1, 0.15) is 10.4 Å². The number of rotatable bonds is 5. The van der Waals surface area contributed by atoms with Crippen molar-refractivity contribution in [1.82, 2.24) is 0 Å². The Morgan fingerprint density at radius 2 is 1.81 bits per heavy atom. The van der Waals surface area contributed by atoms with Gasteiger partial charge in [0.25, 0.3) is 5.91 Å². The summed E-state index contributed by atoms with van der Waals surface area (Å²) in [7, 11) is 0. The number of nitro groups is 1. The first-order valence-corrected chi connectivity index (χ1v) is 7.88. The lowest BCUT2D eigenvalue weighted by molar-refractivity contribution is -0.387. The summed E-state index contributed by atoms with van der Waals surface area (Å²) in [4.78, 5) is 33.6. The van der Waals surface area contributed by atoms with Crippen LogP contribution in [0, 0.1) is 15.9 Å². The van der Waals surface area contributed by atoms with Gasteiger partial charge in [-0.25, -0.2) is 4.79 Å². The number of anilines is 1. The van der Waals surface area contributed by atoms with Gasteiger partial charge in [-0.1, -0.05) is 34.8 Å². The number of benzene rings is 2. The number of nitrogens with one attached hydrogen (secondary N) is 1. The van der Waals surface area contributed by atoms with Gasteiger partial charge in [0, 0.05) is 11.8 Å². The molecule has 2 rings (SSSR count). The summed E-state index contributed by atoms with van der Waals surface area (Å²) in [6, 6.07) is 5.50. The number of hydrogen-bond donors (Lipinski definition) is 1. The van der Waals surface area contributed by atoms with Gasteiger partial charge in [-0.3, -0.25) is 14.9 Å². The number of carbonyl (C=O) groups excluding carboxylic acids is 2. The minimum atomic E-state index is -1.05. The van der Waals surface area contributed by atoms with Crippen LogP contribution in [0.15, 0.2) is 30.3 Å². The summed E-state index contributed by atoms with van der Waals surface area (Å²) in [5.41, 5.74) is -1.05. The summed E-state index contributed by atoms with van der Waals surface area (Å²) in [5.74, 6) is -2.85. The lowest BCUT2D eigenvalue weighted by Crippen LogP contribution is -2.21. The van der Waals surface area contributed by atoms with E-state index in [0.717, 1.165) is 18.2 Å². The third-order valence-corrected chi connectivity index (χ3v) is 4.13. The van der Waals surface area contributed by atoms with Crippen LogP contribution in [-0.2, 0) is 9.53 Å². The van der Waals surface area contributed by atoms with Crippen LogP contribution in [0.2, 0.25) is 15.1 Å². The van der Waals surface area contributed by atoms with E-state index in [1.165, 1.54) is 12.1 Å². The second-order valence-corrected chi connectivity index (χ2v) is 5.96. The Morgan fingerprint density at radius 3 is 2.46 bits per heavy atom. The molecule has 0 atom stereocenters. The molecule has 1 N–H and O–H groups in total. The van der Waals surface area contributed by atoms with E-state index in [4.69, 9.17) is 39.5 Å². The lowest BCUT2D eigenvalue weighted by Gasteiger charge is -2.09. The molecule has 0 aliphatic heterocycles. The van der Waals surface area contributed by atoms with Crippen molar-refractivity contribution in [3.05, 3.63) is 66.9 Å². The van der Waals surface area contributed by atoms with Crippen LogP contribution in [0.5, 0.6) is 0 Å². The molecule has 0 unspecified atom stereocenters. The van der Waals surface area contributed by atoms with E-state index in [9.17, 15) is 24.1 Å². The summed E-state index contributed by atoms with van der Waals surface area (Å²) in [5, 5.41) is 12.8. The topological polar surface area (TPSA) is 98.5 Å². The highest BCUT2D eigenvalue weighted by Gasteiger charge is 2.20. The molecule has 0 radical (unpaired) electrons. The average molecular weight is 422 g/mol. The fraction of sp³-hybridized carbons (Fsp3) is 0.0667. The van der Waals surface area contributed by atoms with E-state index < -0.39 is 34.9 Å². The maximum atomic E-state index is 13.2. The molecule has 0 aromatic heterocycles. The predicted molar refractivity (Wildman–Crippen MR) is 93.4 cm³/mol. The smallest absolute Gasteiger partial charge is 0.341 e. The van der Waals surface area contributed by atoms with Crippen molar-refractivity contribution in [1.29, 1.82) is 0 Å². The number of nitrogens with zero attached hydrogens (tertiary/aromatic N) is 1. The second-order valence-electron chi connectivity index (χ2n) is 4.77. The van der Waals surface area contributed by atoms with Crippen LogP contribution >= 0.6 is 34.8 Å². The molecule has 0 bridgehead atoms. The molecule has 0 heterocycles. The largest absolute Gasteiger partial charge is 0.452 e. The molecule has 7 nitrogen and oxygen atoms in total. The molecular formula is C15H8Cl3FN2O5. The standard InChI is InChI=1S/C15H8Cl3FN2O5/c16-8-2-3-9(17)14(18)13(8)15(23)26-6-12(22)20-7-1-4-10(19)11(5-7)21(24)25/h1-5H,6H2,(H,20,22). The van der Waals surface area contributed by atoms with E-state index in [0.29, 0.717) is 0 Å². The Balaban J connectivity index is 2.04. The number of carbonyl (C=O) groups is 2. The van der Waals surface area contributed by atoms with E-state index in [-0.39, 0.29) is 26.3 Å². The lowest BCUT2D eigenvalue weighted by atomic mass is 10.2. The highest BCUT2D eigenvalue weighted by atomic mass is 35.5. The molecule has 0 aliphatic carbocycles. The fourth-order valence-corrected chi connectivity index (χ4v) is 2.53. The van der Waals surface area contributed by atoms with Crippen molar-refractivity contribution in [2.75, 3.05) is 11.9 Å². The van der Waals surface area contributed by atoms with Crippen molar-refractivity contribution in [2.24, 2.45) is 0 Å². The second kappa shape index (κ2) is 8.31. The summed E-state index contributed by atoms with van der Waals surface area (Å²) in [6.07, 6.45) is 0. The quantitative estimate of drug-likeness (QED) is 0.332. The van der Waals surface area contributed by atoms with Crippen LogP contribution in [-0.4, -0.2) is 23.4 Å². The van der Waals surface area contributed by atoms with Crippen molar-refractivity contribution in [3.8, 4) is 0 Å². The number of nitro benzene ring substituents is 1. The van der Waals surface area contributed by atoms with E-state index in [1.54, 1.807) is 0 Å². The zero-order valence-electron chi connectivity index (χ0n) is 12.6. The highest BCUT2D eigenvalue weighted by molar-refractivity contribution is 6.46. The van der Waals surface area contributed by atoms with Crippen molar-refractivity contribution >= 4 is 58.1 Å². The zero-order chi connectivity index (χ0) is 19.4. The molecule has 11 heteroatoms. The van der Waals surface area contributed by atoms with Gasteiger partial charge in [0.2, 0.25) is 5.82 Å². The molecule has 2 aromatic rings.